The highest BCUT2D eigenvalue weighted by molar-refractivity contribution is 7.89. The number of sulfonamides is 1. The van der Waals surface area contributed by atoms with Crippen molar-refractivity contribution in [1.82, 2.24) is 4.31 Å². The highest BCUT2D eigenvalue weighted by atomic mass is 35.5. The van der Waals surface area contributed by atoms with Crippen molar-refractivity contribution in [2.24, 2.45) is 5.92 Å². The fourth-order valence-corrected chi connectivity index (χ4v) is 4.07. The number of hydrogen-bond donors (Lipinski definition) is 2. The predicted octanol–water partition coefficient (Wildman–Crippen LogP) is 1.45. The predicted molar refractivity (Wildman–Crippen MR) is 74.4 cm³/mol. The van der Waals surface area contributed by atoms with Crippen molar-refractivity contribution in [3.63, 3.8) is 0 Å². The van der Waals surface area contributed by atoms with Crippen LogP contribution in [0.1, 0.15) is 13.8 Å². The van der Waals surface area contributed by atoms with E-state index < -0.39 is 21.4 Å². The van der Waals surface area contributed by atoms with E-state index in [2.05, 4.69) is 0 Å². The van der Waals surface area contributed by atoms with E-state index in [0.717, 1.165) is 16.4 Å². The zero-order valence-corrected chi connectivity index (χ0v) is 12.7. The number of anilines is 1. The van der Waals surface area contributed by atoms with Crippen LogP contribution in [0.3, 0.4) is 0 Å². The van der Waals surface area contributed by atoms with Crippen LogP contribution in [0, 0.1) is 11.7 Å². The molecule has 0 radical (unpaired) electrons. The Kier molecular flexibility index (Phi) is 3.75. The van der Waals surface area contributed by atoms with Gasteiger partial charge in [0.15, 0.2) is 0 Å². The summed E-state index contributed by atoms with van der Waals surface area (Å²) >= 11 is 5.78. The number of benzene rings is 1. The van der Waals surface area contributed by atoms with Crippen LogP contribution in [-0.4, -0.2) is 36.5 Å². The van der Waals surface area contributed by atoms with Gasteiger partial charge in [-0.25, -0.2) is 12.8 Å². The van der Waals surface area contributed by atoms with Crippen LogP contribution < -0.4 is 5.73 Å². The van der Waals surface area contributed by atoms with Gasteiger partial charge in [0.1, 0.15) is 10.7 Å². The molecule has 0 aromatic heterocycles. The molecule has 1 aliphatic heterocycles. The number of aliphatic hydroxyl groups is 1. The van der Waals surface area contributed by atoms with Gasteiger partial charge in [0.2, 0.25) is 10.0 Å². The molecular formula is C12H16ClFN2O3S. The molecule has 8 heteroatoms. The van der Waals surface area contributed by atoms with Crippen molar-refractivity contribution >= 4 is 27.3 Å². The van der Waals surface area contributed by atoms with Gasteiger partial charge in [0, 0.05) is 13.1 Å². The summed E-state index contributed by atoms with van der Waals surface area (Å²) in [5, 5.41) is 9.89. The molecule has 0 aliphatic carbocycles. The molecule has 0 bridgehead atoms. The smallest absolute Gasteiger partial charge is 0.244 e. The van der Waals surface area contributed by atoms with Gasteiger partial charge in [-0.1, -0.05) is 25.4 Å². The Balaban J connectivity index is 2.32. The van der Waals surface area contributed by atoms with Crippen LogP contribution in [0.2, 0.25) is 5.02 Å². The maximum Gasteiger partial charge on any atom is 0.244 e. The second-order valence-corrected chi connectivity index (χ2v) is 7.65. The molecule has 2 rings (SSSR count). The van der Waals surface area contributed by atoms with E-state index in [1.54, 1.807) is 0 Å². The molecule has 112 valence electrons. The van der Waals surface area contributed by atoms with Gasteiger partial charge in [-0.15, -0.1) is 0 Å². The Labute approximate surface area is 122 Å². The Hall–Kier alpha value is -0.890. The van der Waals surface area contributed by atoms with Crippen molar-refractivity contribution in [1.29, 1.82) is 0 Å². The molecule has 1 aromatic rings. The summed E-state index contributed by atoms with van der Waals surface area (Å²) in [7, 11) is -3.88. The quantitative estimate of drug-likeness (QED) is 0.825. The van der Waals surface area contributed by atoms with E-state index in [0.29, 0.717) is 0 Å². The zero-order valence-electron chi connectivity index (χ0n) is 11.1. The highest BCUT2D eigenvalue weighted by Gasteiger charge is 2.49. The summed E-state index contributed by atoms with van der Waals surface area (Å²) in [6.07, 6.45) is 0. The number of β-amino-alcohol motifs (C(OH)–C–C–N with tert-alkyl or cyclic N) is 1. The molecule has 0 atom stereocenters. The fraction of sp³-hybridized carbons (Fsp3) is 0.500. The van der Waals surface area contributed by atoms with Gasteiger partial charge in [0.25, 0.3) is 0 Å². The molecule has 1 aliphatic rings. The van der Waals surface area contributed by atoms with Crippen molar-refractivity contribution < 1.29 is 17.9 Å². The second kappa shape index (κ2) is 4.84. The van der Waals surface area contributed by atoms with Crippen molar-refractivity contribution in [2.75, 3.05) is 18.8 Å². The molecule has 1 saturated heterocycles. The maximum absolute atomic E-state index is 13.2. The third-order valence-corrected chi connectivity index (χ3v) is 5.90. The van der Waals surface area contributed by atoms with Crippen molar-refractivity contribution in [3.05, 3.63) is 23.0 Å². The van der Waals surface area contributed by atoms with E-state index in [1.165, 1.54) is 0 Å². The molecule has 1 fully saturated rings. The average Bonchev–Trinajstić information content (AvgIpc) is 2.29. The summed E-state index contributed by atoms with van der Waals surface area (Å²) < 4.78 is 39.0. The fourth-order valence-electron chi connectivity index (χ4n) is 1.98. The number of nitrogen functional groups attached to an aromatic ring is 1. The van der Waals surface area contributed by atoms with Crippen LogP contribution in [0.25, 0.3) is 0 Å². The average molecular weight is 323 g/mol. The van der Waals surface area contributed by atoms with E-state index in [9.17, 15) is 17.9 Å². The first-order valence-electron chi connectivity index (χ1n) is 6.05. The van der Waals surface area contributed by atoms with E-state index in [4.69, 9.17) is 17.3 Å². The number of hydrogen-bond acceptors (Lipinski definition) is 4. The monoisotopic (exact) mass is 322 g/mol. The first-order chi connectivity index (χ1) is 9.08. The van der Waals surface area contributed by atoms with Gasteiger partial charge < -0.3 is 10.8 Å². The van der Waals surface area contributed by atoms with Crippen LogP contribution >= 0.6 is 11.6 Å². The van der Waals surface area contributed by atoms with Crippen LogP contribution in [0.5, 0.6) is 0 Å². The highest BCUT2D eigenvalue weighted by Crippen LogP contribution is 2.36. The van der Waals surface area contributed by atoms with Crippen LogP contribution in [0.4, 0.5) is 10.1 Å². The number of nitrogens with two attached hydrogens (primary N) is 1. The molecule has 0 saturated carbocycles. The summed E-state index contributed by atoms with van der Waals surface area (Å²) in [5.74, 6) is -0.834. The second-order valence-electron chi connectivity index (χ2n) is 5.34. The molecular weight excluding hydrogens is 307 g/mol. The Morgan fingerprint density at radius 3 is 2.50 bits per heavy atom. The minimum atomic E-state index is -3.88. The van der Waals surface area contributed by atoms with Crippen molar-refractivity contribution in [3.8, 4) is 0 Å². The summed E-state index contributed by atoms with van der Waals surface area (Å²) in [4.78, 5) is -0.246. The molecule has 0 spiro atoms. The van der Waals surface area contributed by atoms with Gasteiger partial charge >= 0.3 is 0 Å². The Bertz CT molecular complexity index is 642. The largest absolute Gasteiger partial charge is 0.396 e. The van der Waals surface area contributed by atoms with Crippen LogP contribution in [-0.2, 0) is 10.0 Å². The van der Waals surface area contributed by atoms with E-state index >= 15 is 0 Å². The lowest BCUT2D eigenvalue weighted by Gasteiger charge is -2.47. The van der Waals surface area contributed by atoms with Gasteiger partial charge in [0.05, 0.1) is 16.3 Å². The van der Waals surface area contributed by atoms with Gasteiger partial charge in [-0.05, 0) is 18.1 Å². The third-order valence-electron chi connectivity index (χ3n) is 3.64. The first-order valence-corrected chi connectivity index (χ1v) is 7.87. The number of nitrogens with zero attached hydrogens (tertiary/aromatic N) is 1. The molecule has 1 aromatic carbocycles. The lowest BCUT2D eigenvalue weighted by Crippen LogP contribution is -2.65. The van der Waals surface area contributed by atoms with E-state index in [1.807, 2.05) is 13.8 Å². The third kappa shape index (κ3) is 2.39. The lowest BCUT2D eigenvalue weighted by atomic mass is 9.85. The Morgan fingerprint density at radius 2 is 2.00 bits per heavy atom. The molecule has 20 heavy (non-hydrogen) atoms. The van der Waals surface area contributed by atoms with Gasteiger partial charge in [-0.2, -0.15) is 4.31 Å². The topological polar surface area (TPSA) is 83.6 Å². The standard InChI is InChI=1S/C12H16ClFN2O3S/c1-7(2)12(17)5-16(6-12)20(18,19)11-4-10(15)9(14)3-8(11)13/h3-4,7,17H,5-6,15H2,1-2H3. The number of halogens is 2. The minimum Gasteiger partial charge on any atom is -0.396 e. The summed E-state index contributed by atoms with van der Waals surface area (Å²) in [6.45, 7) is 3.60. The molecule has 5 nitrogen and oxygen atoms in total. The first kappa shape index (κ1) is 15.5. The number of rotatable bonds is 3. The molecule has 0 amide bonds. The summed E-state index contributed by atoms with van der Waals surface area (Å²) in [6, 6.07) is 1.87. The Morgan fingerprint density at radius 1 is 1.45 bits per heavy atom. The van der Waals surface area contributed by atoms with E-state index in [-0.39, 0.29) is 34.6 Å². The van der Waals surface area contributed by atoms with Crippen LogP contribution in [0.15, 0.2) is 17.0 Å². The molecule has 0 unspecified atom stereocenters. The molecule has 1 heterocycles. The van der Waals surface area contributed by atoms with Crippen molar-refractivity contribution in [2.45, 2.75) is 24.3 Å². The molecule has 3 N–H and O–H groups in total. The SMILES string of the molecule is CC(C)C1(O)CN(S(=O)(=O)c2cc(N)c(F)cc2Cl)C1. The van der Waals surface area contributed by atoms with Gasteiger partial charge in [-0.3, -0.25) is 0 Å². The normalized spacial score (nSPS) is 19.1. The summed E-state index contributed by atoms with van der Waals surface area (Å²) in [5.41, 5.74) is 4.06. The maximum atomic E-state index is 13.2. The minimum absolute atomic E-state index is 0.0133. The lowest BCUT2D eigenvalue weighted by molar-refractivity contribution is -0.0932. The zero-order chi connectivity index (χ0) is 15.3.